The minimum absolute atomic E-state index is 0.0300. The first kappa shape index (κ1) is 22.2. The van der Waals surface area contributed by atoms with E-state index in [1.54, 1.807) is 18.2 Å². The maximum absolute atomic E-state index is 13.7. The Labute approximate surface area is 191 Å². The molecule has 3 heterocycles. The highest BCUT2D eigenvalue weighted by Crippen LogP contribution is 2.50. The molecule has 10 heteroatoms. The Morgan fingerprint density at radius 2 is 2.00 bits per heavy atom. The average molecular weight is 476 g/mol. The summed E-state index contributed by atoms with van der Waals surface area (Å²) in [5.74, 6) is -1.94. The van der Waals surface area contributed by atoms with Gasteiger partial charge in [-0.05, 0) is 49.1 Å². The zero-order valence-corrected chi connectivity index (χ0v) is 19.0. The van der Waals surface area contributed by atoms with Gasteiger partial charge in [-0.2, -0.15) is 4.31 Å². The molecule has 1 aromatic heterocycles. The largest absolute Gasteiger partial charge is 0.396 e. The molecule has 176 valence electrons. The lowest BCUT2D eigenvalue weighted by molar-refractivity contribution is -0.127. The standard InChI is InChI=1S/C23H26FN3O5S/c1-33(31,32)27-20-17(18(12-28)21(27)22(29)25-15-6-3-7-15)11-26-19(20)9-8-16(23(26)30)13-4-2-5-14(24)10-13/h2,4-5,8-10,15,17-18,20-21,28H,3,6-7,11-12H2,1H3,(H,25,29)/t17-,18-,20+,21-/m0/s1. The van der Waals surface area contributed by atoms with Gasteiger partial charge < -0.3 is 15.0 Å². The summed E-state index contributed by atoms with van der Waals surface area (Å²) in [5, 5.41) is 13.1. The molecule has 5 rings (SSSR count). The van der Waals surface area contributed by atoms with Gasteiger partial charge in [-0.3, -0.25) is 9.59 Å². The number of amides is 1. The van der Waals surface area contributed by atoms with Gasteiger partial charge in [-0.25, -0.2) is 12.8 Å². The number of aliphatic hydroxyl groups excluding tert-OH is 1. The van der Waals surface area contributed by atoms with Crippen LogP contribution < -0.4 is 10.9 Å². The van der Waals surface area contributed by atoms with Crippen molar-refractivity contribution in [1.82, 2.24) is 14.2 Å². The van der Waals surface area contributed by atoms with Crippen LogP contribution in [0.4, 0.5) is 4.39 Å². The lowest BCUT2D eigenvalue weighted by atomic mass is 9.87. The topological polar surface area (TPSA) is 109 Å². The maximum Gasteiger partial charge on any atom is 0.258 e. The number of fused-ring (bicyclic) bond motifs is 3. The average Bonchev–Trinajstić information content (AvgIpc) is 3.25. The van der Waals surface area contributed by atoms with Gasteiger partial charge in [0.05, 0.1) is 12.3 Å². The minimum Gasteiger partial charge on any atom is -0.396 e. The summed E-state index contributed by atoms with van der Waals surface area (Å²) in [6, 6.07) is 7.24. The number of sulfonamides is 1. The molecule has 4 atom stereocenters. The summed E-state index contributed by atoms with van der Waals surface area (Å²) < 4.78 is 42.1. The van der Waals surface area contributed by atoms with Crippen LogP contribution in [-0.4, -0.2) is 53.3 Å². The molecule has 1 saturated heterocycles. The van der Waals surface area contributed by atoms with Crippen LogP contribution in [0, 0.1) is 17.7 Å². The molecule has 2 N–H and O–H groups in total. The first-order valence-corrected chi connectivity index (χ1v) is 12.9. The zero-order chi connectivity index (χ0) is 23.5. The smallest absolute Gasteiger partial charge is 0.258 e. The van der Waals surface area contributed by atoms with E-state index in [-0.39, 0.29) is 24.8 Å². The molecule has 0 spiro atoms. The van der Waals surface area contributed by atoms with E-state index in [4.69, 9.17) is 0 Å². The third-order valence-electron chi connectivity index (χ3n) is 7.26. The molecule has 0 bridgehead atoms. The van der Waals surface area contributed by atoms with Gasteiger partial charge in [0.2, 0.25) is 15.9 Å². The molecule has 8 nitrogen and oxygen atoms in total. The Bertz CT molecular complexity index is 1270. The number of nitrogens with zero attached hydrogens (tertiary/aromatic N) is 2. The van der Waals surface area contributed by atoms with Gasteiger partial charge in [-0.15, -0.1) is 0 Å². The van der Waals surface area contributed by atoms with E-state index in [2.05, 4.69) is 5.32 Å². The van der Waals surface area contributed by atoms with Crippen LogP contribution in [0.25, 0.3) is 11.1 Å². The van der Waals surface area contributed by atoms with Crippen molar-refractivity contribution in [1.29, 1.82) is 0 Å². The molecular formula is C23H26FN3O5S. The molecule has 2 aromatic rings. The lowest BCUT2D eigenvalue weighted by Crippen LogP contribution is -2.53. The Hall–Kier alpha value is -2.56. The van der Waals surface area contributed by atoms with Gasteiger partial charge in [0.25, 0.3) is 5.56 Å². The molecule has 3 aliphatic rings. The summed E-state index contributed by atoms with van der Waals surface area (Å²) in [6.45, 7) is -0.206. The van der Waals surface area contributed by atoms with Crippen molar-refractivity contribution in [2.45, 2.75) is 43.9 Å². The molecule has 1 amide bonds. The van der Waals surface area contributed by atoms with E-state index >= 15 is 0 Å². The van der Waals surface area contributed by atoms with Crippen LogP contribution >= 0.6 is 0 Å². The lowest BCUT2D eigenvalue weighted by Gasteiger charge is -2.32. The van der Waals surface area contributed by atoms with Crippen molar-refractivity contribution in [2.75, 3.05) is 12.9 Å². The van der Waals surface area contributed by atoms with Crippen LogP contribution in [0.3, 0.4) is 0 Å². The first-order chi connectivity index (χ1) is 15.7. The van der Waals surface area contributed by atoms with Crippen LogP contribution in [0.2, 0.25) is 0 Å². The van der Waals surface area contributed by atoms with Gasteiger partial charge in [0, 0.05) is 42.3 Å². The van der Waals surface area contributed by atoms with E-state index in [0.29, 0.717) is 16.8 Å². The second kappa shape index (κ2) is 8.03. The monoisotopic (exact) mass is 475 g/mol. The highest BCUT2D eigenvalue weighted by atomic mass is 32.2. The molecular weight excluding hydrogens is 449 g/mol. The first-order valence-electron chi connectivity index (χ1n) is 11.1. The second-order valence-electron chi connectivity index (χ2n) is 9.23. The number of aromatic nitrogens is 1. The number of nitrogens with one attached hydrogen (secondary N) is 1. The van der Waals surface area contributed by atoms with Crippen molar-refractivity contribution in [2.24, 2.45) is 11.8 Å². The molecule has 1 aliphatic carbocycles. The van der Waals surface area contributed by atoms with Crippen molar-refractivity contribution in [3.63, 3.8) is 0 Å². The van der Waals surface area contributed by atoms with Crippen molar-refractivity contribution < 1.29 is 22.7 Å². The summed E-state index contributed by atoms with van der Waals surface area (Å²) in [5.41, 5.74) is 0.869. The van der Waals surface area contributed by atoms with Crippen LogP contribution in [0.1, 0.15) is 31.0 Å². The number of carbonyl (C=O) groups is 1. The maximum atomic E-state index is 13.7. The predicted molar refractivity (Wildman–Crippen MR) is 119 cm³/mol. The Morgan fingerprint density at radius 3 is 2.61 bits per heavy atom. The fraction of sp³-hybridized carbons (Fsp3) is 0.478. The predicted octanol–water partition coefficient (Wildman–Crippen LogP) is 1.25. The fourth-order valence-electron chi connectivity index (χ4n) is 5.53. The van der Waals surface area contributed by atoms with Crippen molar-refractivity contribution in [3.8, 4) is 11.1 Å². The van der Waals surface area contributed by atoms with Gasteiger partial charge >= 0.3 is 0 Å². The highest BCUT2D eigenvalue weighted by Gasteiger charge is 2.59. The summed E-state index contributed by atoms with van der Waals surface area (Å²) in [7, 11) is -3.85. The molecule has 0 unspecified atom stereocenters. The number of hydrogen-bond acceptors (Lipinski definition) is 5. The summed E-state index contributed by atoms with van der Waals surface area (Å²) >= 11 is 0. The molecule has 33 heavy (non-hydrogen) atoms. The third-order valence-corrected chi connectivity index (χ3v) is 8.48. The Morgan fingerprint density at radius 1 is 1.24 bits per heavy atom. The number of benzene rings is 1. The molecule has 1 aromatic carbocycles. The van der Waals surface area contributed by atoms with Crippen LogP contribution in [0.5, 0.6) is 0 Å². The molecule has 2 fully saturated rings. The van der Waals surface area contributed by atoms with E-state index in [1.807, 2.05) is 0 Å². The Kier molecular flexibility index (Phi) is 5.42. The van der Waals surface area contributed by atoms with Crippen LogP contribution in [-0.2, 0) is 21.4 Å². The molecule has 2 aliphatic heterocycles. The second-order valence-corrected chi connectivity index (χ2v) is 11.1. The number of pyridine rings is 1. The van der Waals surface area contributed by atoms with Crippen LogP contribution in [0.15, 0.2) is 41.2 Å². The minimum atomic E-state index is -3.85. The number of halogens is 1. The van der Waals surface area contributed by atoms with Gasteiger partial charge in [-0.1, -0.05) is 12.1 Å². The normalized spacial score (nSPS) is 27.1. The van der Waals surface area contributed by atoms with E-state index in [9.17, 15) is 27.5 Å². The molecule has 1 saturated carbocycles. The fourth-order valence-corrected chi connectivity index (χ4v) is 6.87. The molecule has 0 radical (unpaired) electrons. The number of carbonyl (C=O) groups excluding carboxylic acids is 1. The number of hydrogen-bond donors (Lipinski definition) is 2. The van der Waals surface area contributed by atoms with Gasteiger partial charge in [0.15, 0.2) is 0 Å². The van der Waals surface area contributed by atoms with E-state index in [1.165, 1.54) is 27.1 Å². The SMILES string of the molecule is CS(=O)(=O)N1[C@H](C(=O)NC2CCC2)[C@@H](CO)[C@@H]2Cn3c(ccc(-c4cccc(F)c4)c3=O)[C@@H]21. The number of rotatable bonds is 5. The zero-order valence-electron chi connectivity index (χ0n) is 18.1. The quantitative estimate of drug-likeness (QED) is 0.677. The third kappa shape index (κ3) is 3.60. The Balaban J connectivity index is 1.58. The van der Waals surface area contributed by atoms with E-state index < -0.39 is 45.7 Å². The van der Waals surface area contributed by atoms with Crippen molar-refractivity contribution in [3.05, 3.63) is 58.3 Å². The number of aliphatic hydroxyl groups is 1. The summed E-state index contributed by atoms with van der Waals surface area (Å²) in [4.78, 5) is 26.4. The highest BCUT2D eigenvalue weighted by molar-refractivity contribution is 7.88. The summed E-state index contributed by atoms with van der Waals surface area (Å²) in [6.07, 6.45) is 3.78. The van der Waals surface area contributed by atoms with Gasteiger partial charge in [0.1, 0.15) is 11.9 Å². The van der Waals surface area contributed by atoms with E-state index in [0.717, 1.165) is 25.5 Å². The van der Waals surface area contributed by atoms with Crippen molar-refractivity contribution >= 4 is 15.9 Å².